The quantitative estimate of drug-likeness (QED) is 0.644. The van der Waals surface area contributed by atoms with Crippen LogP contribution < -0.4 is 11.1 Å². The van der Waals surface area contributed by atoms with Crippen LogP contribution in [0.4, 0.5) is 0 Å². The molecule has 1 heterocycles. The fourth-order valence-electron chi connectivity index (χ4n) is 0.942. The van der Waals surface area contributed by atoms with Crippen LogP contribution in [-0.4, -0.2) is 33.2 Å². The van der Waals surface area contributed by atoms with E-state index in [-0.39, 0.29) is 11.7 Å². The number of nitrogens with zero attached hydrogens (tertiary/aromatic N) is 2. The lowest BCUT2D eigenvalue weighted by Gasteiger charge is -2.17. The number of hydrogen-bond acceptors (Lipinski definition) is 4. The van der Waals surface area contributed by atoms with Gasteiger partial charge in [-0.25, -0.2) is 4.98 Å². The molecule has 1 aromatic rings. The number of rotatable bonds is 4. The molecule has 0 fully saturated rings. The van der Waals surface area contributed by atoms with E-state index >= 15 is 0 Å². The Morgan fingerprint density at radius 3 is 2.73 bits per heavy atom. The molecular formula is C9H17N5O. The molecular weight excluding hydrogens is 194 g/mol. The molecule has 1 aromatic heterocycles. The molecule has 6 heteroatoms. The number of H-pyrrole nitrogens is 1. The smallest absolute Gasteiger partial charge is 0.291 e. The Morgan fingerprint density at radius 2 is 2.27 bits per heavy atom. The van der Waals surface area contributed by atoms with Gasteiger partial charge in [0, 0.05) is 18.5 Å². The number of aryl methyl sites for hydroxylation is 1. The molecule has 0 radical (unpaired) electrons. The maximum Gasteiger partial charge on any atom is 0.291 e. The Labute approximate surface area is 88.7 Å². The number of aromatic nitrogens is 3. The second-order valence-electron chi connectivity index (χ2n) is 4.13. The topological polar surface area (TPSA) is 96.7 Å². The van der Waals surface area contributed by atoms with E-state index in [0.29, 0.717) is 12.4 Å². The average molecular weight is 211 g/mol. The first-order chi connectivity index (χ1) is 6.92. The largest absolute Gasteiger partial charge is 0.347 e. The lowest BCUT2D eigenvalue weighted by molar-refractivity contribution is 0.0936. The van der Waals surface area contributed by atoms with Crippen LogP contribution in [0.5, 0.6) is 0 Å². The van der Waals surface area contributed by atoms with Gasteiger partial charge in [0.2, 0.25) is 5.82 Å². The summed E-state index contributed by atoms with van der Waals surface area (Å²) in [5.41, 5.74) is 5.30. The van der Waals surface area contributed by atoms with Gasteiger partial charge in [0.25, 0.3) is 5.91 Å². The van der Waals surface area contributed by atoms with Crippen LogP contribution in [0.25, 0.3) is 0 Å². The van der Waals surface area contributed by atoms with Gasteiger partial charge in [-0.3, -0.25) is 9.89 Å². The Morgan fingerprint density at radius 1 is 1.60 bits per heavy atom. The summed E-state index contributed by atoms with van der Waals surface area (Å²) in [4.78, 5) is 15.5. The van der Waals surface area contributed by atoms with E-state index in [2.05, 4.69) is 20.5 Å². The van der Waals surface area contributed by atoms with Crippen LogP contribution in [0, 0.1) is 0 Å². The molecule has 0 bridgehead atoms. The van der Waals surface area contributed by atoms with Crippen molar-refractivity contribution in [2.24, 2.45) is 5.73 Å². The highest BCUT2D eigenvalue weighted by Crippen LogP contribution is 1.96. The molecule has 84 valence electrons. The van der Waals surface area contributed by atoms with Crippen molar-refractivity contribution < 1.29 is 4.79 Å². The van der Waals surface area contributed by atoms with Crippen LogP contribution in [0.3, 0.4) is 0 Å². The monoisotopic (exact) mass is 211 g/mol. The number of carbonyl (C=O) groups excluding carboxylic acids is 1. The van der Waals surface area contributed by atoms with Crippen molar-refractivity contribution in [2.45, 2.75) is 32.7 Å². The highest BCUT2D eigenvalue weighted by molar-refractivity contribution is 5.90. The van der Waals surface area contributed by atoms with Crippen LogP contribution in [-0.2, 0) is 6.42 Å². The fourth-order valence-corrected chi connectivity index (χ4v) is 0.942. The van der Waals surface area contributed by atoms with Crippen molar-refractivity contribution >= 4 is 5.91 Å². The zero-order chi connectivity index (χ0) is 11.5. The number of nitrogens with one attached hydrogen (secondary N) is 2. The van der Waals surface area contributed by atoms with E-state index in [4.69, 9.17) is 5.73 Å². The number of aromatic amines is 1. The van der Waals surface area contributed by atoms with Crippen molar-refractivity contribution in [3.8, 4) is 0 Å². The molecule has 1 rings (SSSR count). The summed E-state index contributed by atoms with van der Waals surface area (Å²) in [6.45, 7) is 6.00. The first-order valence-corrected chi connectivity index (χ1v) is 4.90. The van der Waals surface area contributed by atoms with Gasteiger partial charge in [-0.2, -0.15) is 0 Å². The van der Waals surface area contributed by atoms with Crippen LogP contribution in [0.1, 0.15) is 37.2 Å². The van der Waals surface area contributed by atoms with Gasteiger partial charge in [0.1, 0.15) is 5.82 Å². The first-order valence-electron chi connectivity index (χ1n) is 4.90. The molecule has 0 atom stereocenters. The number of carbonyl (C=O) groups is 1. The summed E-state index contributed by atoms with van der Waals surface area (Å²) in [5, 5.41) is 9.15. The second kappa shape index (κ2) is 4.39. The molecule has 0 aliphatic carbocycles. The van der Waals surface area contributed by atoms with Crippen LogP contribution >= 0.6 is 0 Å². The van der Waals surface area contributed by atoms with Crippen molar-refractivity contribution in [1.82, 2.24) is 20.5 Å². The average Bonchev–Trinajstić information content (AvgIpc) is 2.61. The van der Waals surface area contributed by atoms with Crippen molar-refractivity contribution in [1.29, 1.82) is 0 Å². The summed E-state index contributed by atoms with van der Waals surface area (Å²) < 4.78 is 0. The van der Waals surface area contributed by atoms with E-state index in [1.54, 1.807) is 0 Å². The van der Waals surface area contributed by atoms with E-state index in [1.165, 1.54) is 0 Å². The Kier molecular flexibility index (Phi) is 3.41. The van der Waals surface area contributed by atoms with Gasteiger partial charge in [-0.15, -0.1) is 5.10 Å². The number of amides is 1. The molecule has 0 saturated heterocycles. The fraction of sp³-hybridized carbons (Fsp3) is 0.667. The third-order valence-electron chi connectivity index (χ3n) is 1.77. The molecule has 0 aliphatic heterocycles. The van der Waals surface area contributed by atoms with E-state index < -0.39 is 5.54 Å². The predicted molar refractivity (Wildman–Crippen MR) is 56.4 cm³/mol. The minimum absolute atomic E-state index is 0.163. The molecule has 1 amide bonds. The first kappa shape index (κ1) is 11.6. The zero-order valence-corrected chi connectivity index (χ0v) is 9.29. The highest BCUT2D eigenvalue weighted by Gasteiger charge is 2.16. The summed E-state index contributed by atoms with van der Waals surface area (Å²) in [7, 11) is 0. The van der Waals surface area contributed by atoms with E-state index in [9.17, 15) is 4.79 Å². The maximum atomic E-state index is 11.5. The highest BCUT2D eigenvalue weighted by atomic mass is 16.2. The third-order valence-corrected chi connectivity index (χ3v) is 1.77. The normalized spacial score (nSPS) is 11.5. The van der Waals surface area contributed by atoms with Crippen molar-refractivity contribution in [2.75, 3.05) is 6.54 Å². The molecule has 6 nitrogen and oxygen atoms in total. The number of hydrogen-bond donors (Lipinski definition) is 3. The summed E-state index contributed by atoms with van der Waals surface area (Å²) in [6.07, 6.45) is 0.725. The Balaban J connectivity index is 2.54. The standard InChI is InChI=1S/C9H17N5O/c1-4-6-12-7(14-13-6)8(15)11-5-9(2,3)10/h4-5,10H2,1-3H3,(H,11,15)(H,12,13,14). The number of nitrogens with two attached hydrogens (primary N) is 1. The van der Waals surface area contributed by atoms with Crippen molar-refractivity contribution in [3.63, 3.8) is 0 Å². The minimum Gasteiger partial charge on any atom is -0.347 e. The zero-order valence-electron chi connectivity index (χ0n) is 9.29. The Hall–Kier alpha value is -1.43. The van der Waals surface area contributed by atoms with Crippen LogP contribution in [0.2, 0.25) is 0 Å². The predicted octanol–water partition coefficient (Wildman–Crippen LogP) is -0.166. The maximum absolute atomic E-state index is 11.5. The summed E-state index contributed by atoms with van der Waals surface area (Å²) in [6, 6.07) is 0. The van der Waals surface area contributed by atoms with Crippen molar-refractivity contribution in [3.05, 3.63) is 11.6 Å². The van der Waals surface area contributed by atoms with Gasteiger partial charge in [0.05, 0.1) is 0 Å². The van der Waals surface area contributed by atoms with Gasteiger partial charge < -0.3 is 11.1 Å². The van der Waals surface area contributed by atoms with Gasteiger partial charge in [0.15, 0.2) is 0 Å². The van der Waals surface area contributed by atoms with Gasteiger partial charge >= 0.3 is 0 Å². The van der Waals surface area contributed by atoms with Crippen LogP contribution in [0.15, 0.2) is 0 Å². The molecule has 0 saturated carbocycles. The van der Waals surface area contributed by atoms with Gasteiger partial charge in [-0.05, 0) is 13.8 Å². The molecule has 0 aromatic carbocycles. The lowest BCUT2D eigenvalue weighted by Crippen LogP contribution is -2.45. The van der Waals surface area contributed by atoms with E-state index in [0.717, 1.165) is 6.42 Å². The molecule has 4 N–H and O–H groups in total. The molecule has 0 unspecified atom stereocenters. The summed E-state index contributed by atoms with van der Waals surface area (Å²) in [5.74, 6) is 0.563. The third kappa shape index (κ3) is 3.67. The second-order valence-corrected chi connectivity index (χ2v) is 4.13. The Bertz CT molecular complexity index is 339. The minimum atomic E-state index is -0.431. The van der Waals surface area contributed by atoms with Gasteiger partial charge in [-0.1, -0.05) is 6.92 Å². The van der Waals surface area contributed by atoms with E-state index in [1.807, 2.05) is 20.8 Å². The SMILES string of the molecule is CCc1nc(C(=O)NCC(C)(C)N)n[nH]1. The summed E-state index contributed by atoms with van der Waals surface area (Å²) >= 11 is 0. The molecule has 15 heavy (non-hydrogen) atoms. The molecule has 0 aliphatic rings. The lowest BCUT2D eigenvalue weighted by atomic mass is 10.1. The molecule has 0 spiro atoms.